The van der Waals surface area contributed by atoms with Gasteiger partial charge in [-0.1, -0.05) is 0 Å². The second kappa shape index (κ2) is 7.42. The van der Waals surface area contributed by atoms with Crippen LogP contribution in [-0.2, 0) is 11.3 Å². The number of likely N-dealkylation sites (N-methyl/N-ethyl adjacent to an activating group) is 1. The van der Waals surface area contributed by atoms with Gasteiger partial charge in [-0.25, -0.2) is 0 Å². The van der Waals surface area contributed by atoms with Crippen LogP contribution in [0.25, 0.3) is 0 Å². The Hall–Kier alpha value is -1.44. The number of piperazine rings is 1. The summed E-state index contributed by atoms with van der Waals surface area (Å²) in [6, 6.07) is 1.98. The van der Waals surface area contributed by atoms with Crippen molar-refractivity contribution in [1.82, 2.24) is 24.5 Å². The summed E-state index contributed by atoms with van der Waals surface area (Å²) < 4.78 is 1.85. The number of hydrogen-bond acceptors (Lipinski definition) is 5. The van der Waals surface area contributed by atoms with Crippen molar-refractivity contribution < 1.29 is 9.90 Å². The minimum atomic E-state index is -0.423. The largest absolute Gasteiger partial charge is 0.390 e. The summed E-state index contributed by atoms with van der Waals surface area (Å²) in [5, 5.41) is 14.5. The summed E-state index contributed by atoms with van der Waals surface area (Å²) in [6.45, 7) is 5.89. The zero-order chi connectivity index (χ0) is 16.2. The lowest BCUT2D eigenvalue weighted by atomic mass is 10.1. The van der Waals surface area contributed by atoms with Gasteiger partial charge in [0, 0.05) is 64.6 Å². The Kier molecular flexibility index (Phi) is 5.30. The first-order chi connectivity index (χ1) is 11.1. The fourth-order valence-electron chi connectivity index (χ4n) is 3.47. The van der Waals surface area contributed by atoms with E-state index < -0.39 is 6.10 Å². The summed E-state index contributed by atoms with van der Waals surface area (Å²) in [4.78, 5) is 18.8. The number of amides is 1. The van der Waals surface area contributed by atoms with Gasteiger partial charge in [-0.3, -0.25) is 14.4 Å². The third-order valence-electron chi connectivity index (χ3n) is 4.96. The molecule has 2 aliphatic heterocycles. The molecule has 1 aromatic heterocycles. The highest BCUT2D eigenvalue weighted by molar-refractivity contribution is 5.76. The van der Waals surface area contributed by atoms with E-state index in [1.165, 1.54) is 0 Å². The molecule has 2 saturated heterocycles. The van der Waals surface area contributed by atoms with Crippen molar-refractivity contribution in [2.45, 2.75) is 31.5 Å². The Morgan fingerprint density at radius 1 is 1.26 bits per heavy atom. The molecule has 2 fully saturated rings. The van der Waals surface area contributed by atoms with Crippen LogP contribution in [-0.4, -0.2) is 94.0 Å². The quantitative estimate of drug-likeness (QED) is 0.791. The highest BCUT2D eigenvalue weighted by Crippen LogP contribution is 2.19. The summed E-state index contributed by atoms with van der Waals surface area (Å²) in [7, 11) is 2.12. The lowest BCUT2D eigenvalue weighted by molar-refractivity contribution is -0.130. The Balaban J connectivity index is 1.44. The van der Waals surface area contributed by atoms with Crippen LogP contribution in [0, 0.1) is 0 Å². The zero-order valence-electron chi connectivity index (χ0n) is 13.8. The molecule has 7 nitrogen and oxygen atoms in total. The van der Waals surface area contributed by atoms with Gasteiger partial charge in [0.1, 0.15) is 0 Å². The van der Waals surface area contributed by atoms with Crippen molar-refractivity contribution in [3.8, 4) is 0 Å². The number of rotatable bonds is 5. The van der Waals surface area contributed by atoms with Crippen molar-refractivity contribution in [3.63, 3.8) is 0 Å². The third kappa shape index (κ3) is 4.10. The summed E-state index contributed by atoms with van der Waals surface area (Å²) >= 11 is 0. The van der Waals surface area contributed by atoms with Crippen LogP contribution < -0.4 is 0 Å². The van der Waals surface area contributed by atoms with E-state index in [0.717, 1.165) is 39.1 Å². The van der Waals surface area contributed by atoms with Crippen molar-refractivity contribution >= 4 is 5.91 Å². The van der Waals surface area contributed by atoms with E-state index in [-0.39, 0.29) is 11.9 Å². The normalized spacial score (nSPS) is 26.8. The molecule has 1 aromatic rings. The molecule has 0 spiro atoms. The molecule has 0 radical (unpaired) electrons. The van der Waals surface area contributed by atoms with Crippen molar-refractivity contribution in [3.05, 3.63) is 18.5 Å². The Morgan fingerprint density at radius 3 is 2.74 bits per heavy atom. The van der Waals surface area contributed by atoms with Gasteiger partial charge in [0.15, 0.2) is 0 Å². The van der Waals surface area contributed by atoms with Gasteiger partial charge in [-0.2, -0.15) is 5.10 Å². The number of carbonyl (C=O) groups excluding carboxylic acids is 1. The molecule has 2 unspecified atom stereocenters. The molecule has 2 atom stereocenters. The Labute approximate surface area is 137 Å². The number of aliphatic hydroxyl groups is 1. The van der Waals surface area contributed by atoms with E-state index in [9.17, 15) is 9.90 Å². The smallest absolute Gasteiger partial charge is 0.222 e. The molecular weight excluding hydrogens is 294 g/mol. The predicted octanol–water partition coefficient (Wildman–Crippen LogP) is -0.518. The van der Waals surface area contributed by atoms with E-state index in [1.54, 1.807) is 6.20 Å². The van der Waals surface area contributed by atoms with E-state index in [0.29, 0.717) is 19.5 Å². The number of aliphatic hydroxyl groups excluding tert-OH is 1. The first-order valence-corrected chi connectivity index (χ1v) is 8.49. The molecule has 128 valence electrons. The number of hydrogen-bond donors (Lipinski definition) is 1. The maximum atomic E-state index is 12.4. The van der Waals surface area contributed by atoms with Crippen LogP contribution in [0.3, 0.4) is 0 Å². The Morgan fingerprint density at radius 2 is 2.04 bits per heavy atom. The molecular formula is C16H27N5O2. The minimum Gasteiger partial charge on any atom is -0.390 e. The average Bonchev–Trinajstić information content (AvgIpc) is 3.18. The van der Waals surface area contributed by atoms with E-state index in [1.807, 2.05) is 21.8 Å². The third-order valence-corrected chi connectivity index (χ3v) is 4.96. The monoisotopic (exact) mass is 321 g/mol. The molecule has 1 N–H and O–H groups in total. The Bertz CT molecular complexity index is 499. The molecule has 0 aromatic carbocycles. The maximum absolute atomic E-state index is 12.4. The summed E-state index contributed by atoms with van der Waals surface area (Å²) in [5.74, 6) is 0.146. The molecule has 3 heterocycles. The molecule has 2 aliphatic rings. The lowest BCUT2D eigenvalue weighted by Gasteiger charge is -2.37. The van der Waals surface area contributed by atoms with Gasteiger partial charge in [-0.15, -0.1) is 0 Å². The van der Waals surface area contributed by atoms with Crippen LogP contribution in [0.1, 0.15) is 12.8 Å². The van der Waals surface area contributed by atoms with Crippen LogP contribution in [0.2, 0.25) is 0 Å². The van der Waals surface area contributed by atoms with Crippen LogP contribution in [0.4, 0.5) is 0 Å². The molecule has 3 rings (SSSR count). The predicted molar refractivity (Wildman–Crippen MR) is 86.9 cm³/mol. The second-order valence-electron chi connectivity index (χ2n) is 6.65. The number of aromatic nitrogens is 2. The molecule has 7 heteroatoms. The number of carbonyl (C=O) groups is 1. The maximum Gasteiger partial charge on any atom is 0.222 e. The molecule has 0 saturated carbocycles. The second-order valence-corrected chi connectivity index (χ2v) is 6.65. The topological polar surface area (TPSA) is 64.8 Å². The molecule has 0 bridgehead atoms. The zero-order valence-corrected chi connectivity index (χ0v) is 13.8. The van der Waals surface area contributed by atoms with E-state index >= 15 is 0 Å². The summed E-state index contributed by atoms with van der Waals surface area (Å²) in [5.41, 5.74) is 0. The van der Waals surface area contributed by atoms with Gasteiger partial charge < -0.3 is 14.9 Å². The van der Waals surface area contributed by atoms with Gasteiger partial charge in [0.25, 0.3) is 0 Å². The van der Waals surface area contributed by atoms with Crippen molar-refractivity contribution in [2.75, 3.05) is 46.3 Å². The molecule has 1 amide bonds. The first kappa shape index (κ1) is 16.4. The summed E-state index contributed by atoms with van der Waals surface area (Å²) in [6.07, 6.45) is 4.54. The first-order valence-electron chi connectivity index (χ1n) is 8.49. The van der Waals surface area contributed by atoms with Crippen LogP contribution in [0.15, 0.2) is 18.5 Å². The molecule has 0 aliphatic carbocycles. The number of likely N-dealkylation sites (tertiary alicyclic amines) is 1. The highest BCUT2D eigenvalue weighted by atomic mass is 16.3. The number of aryl methyl sites for hydroxylation is 1. The SMILES string of the molecule is CN1CCN(C2CN(C(=O)CCCn3cccn3)CC2O)CC1. The number of nitrogens with zero attached hydrogens (tertiary/aromatic N) is 5. The fraction of sp³-hybridized carbons (Fsp3) is 0.750. The van der Waals surface area contributed by atoms with Gasteiger partial charge in [0.2, 0.25) is 5.91 Å². The van der Waals surface area contributed by atoms with Crippen LogP contribution >= 0.6 is 0 Å². The minimum absolute atomic E-state index is 0.0961. The van der Waals surface area contributed by atoms with Gasteiger partial charge in [0.05, 0.1) is 12.1 Å². The van der Waals surface area contributed by atoms with E-state index in [2.05, 4.69) is 21.9 Å². The highest BCUT2D eigenvalue weighted by Gasteiger charge is 2.38. The van der Waals surface area contributed by atoms with Crippen molar-refractivity contribution in [1.29, 1.82) is 0 Å². The average molecular weight is 321 g/mol. The van der Waals surface area contributed by atoms with E-state index in [4.69, 9.17) is 0 Å². The van der Waals surface area contributed by atoms with Crippen molar-refractivity contribution in [2.24, 2.45) is 0 Å². The standard InChI is InChI=1S/C16H27N5O2/c1-18-8-10-19(11-9-18)14-12-20(13-15(14)22)16(23)4-2-6-21-7-3-5-17-21/h3,5,7,14-15,22H,2,4,6,8-13H2,1H3. The fourth-order valence-corrected chi connectivity index (χ4v) is 3.47. The van der Waals surface area contributed by atoms with Crippen LogP contribution in [0.5, 0.6) is 0 Å². The molecule has 23 heavy (non-hydrogen) atoms. The van der Waals surface area contributed by atoms with Gasteiger partial charge in [-0.05, 0) is 19.5 Å². The number of β-amino-alcohol motifs (C(OH)–C–C–N with tert-alkyl or cyclic N) is 1. The lowest BCUT2D eigenvalue weighted by Crippen LogP contribution is -2.52. The van der Waals surface area contributed by atoms with Gasteiger partial charge >= 0.3 is 0 Å².